The van der Waals surface area contributed by atoms with Crippen LogP contribution in [0.15, 0.2) is 87.7 Å². The minimum absolute atomic E-state index is 0.235. The molecule has 0 radical (unpaired) electrons. The molecule has 2 aromatic carbocycles. The second kappa shape index (κ2) is 10.3. The Morgan fingerprint density at radius 3 is 2.44 bits per heavy atom. The van der Waals surface area contributed by atoms with E-state index in [2.05, 4.69) is 10.3 Å². The number of carbonyl (C=O) groups excluding carboxylic acids is 1. The summed E-state index contributed by atoms with van der Waals surface area (Å²) in [6.45, 7) is 1.80. The van der Waals surface area contributed by atoms with E-state index in [0.29, 0.717) is 36.9 Å². The number of carbonyl (C=O) groups is 1. The molecule has 1 fully saturated rings. The number of pyridine rings is 1. The van der Waals surface area contributed by atoms with E-state index in [0.717, 1.165) is 10.5 Å². The highest BCUT2D eigenvalue weighted by Gasteiger charge is 2.26. The van der Waals surface area contributed by atoms with Gasteiger partial charge >= 0.3 is 0 Å². The number of sulfonamides is 1. The quantitative estimate of drug-likeness (QED) is 0.572. The number of morpholine rings is 1. The Labute approximate surface area is 191 Å². The third-order valence-corrected chi connectivity index (χ3v) is 7.90. The molecular formula is C23H23N3O4S2. The third-order valence-electron chi connectivity index (χ3n) is 4.96. The summed E-state index contributed by atoms with van der Waals surface area (Å²) >= 11 is 1.43. The molecule has 0 atom stereocenters. The highest BCUT2D eigenvalue weighted by atomic mass is 32.2. The van der Waals surface area contributed by atoms with E-state index >= 15 is 0 Å². The van der Waals surface area contributed by atoms with Crippen LogP contribution in [0, 0.1) is 0 Å². The molecule has 2 heterocycles. The van der Waals surface area contributed by atoms with Crippen molar-refractivity contribution in [3.63, 3.8) is 0 Å². The smallest absolute Gasteiger partial charge is 0.254 e. The van der Waals surface area contributed by atoms with Crippen molar-refractivity contribution < 1.29 is 17.9 Å². The molecule has 1 aliphatic heterocycles. The fraction of sp³-hybridized carbons (Fsp3) is 0.217. The van der Waals surface area contributed by atoms with Crippen molar-refractivity contribution in [2.45, 2.75) is 21.4 Å². The SMILES string of the molecule is O=C(NCc1ccc(S(=O)(=O)N2CCOCC2)cc1)c1cccnc1Sc1ccccc1. The summed E-state index contributed by atoms with van der Waals surface area (Å²) in [5.74, 6) is -0.235. The number of hydrogen-bond acceptors (Lipinski definition) is 6. The van der Waals surface area contributed by atoms with Gasteiger partial charge in [0.2, 0.25) is 10.0 Å². The van der Waals surface area contributed by atoms with Crippen LogP contribution in [0.2, 0.25) is 0 Å². The van der Waals surface area contributed by atoms with Crippen LogP contribution in [0.5, 0.6) is 0 Å². The zero-order chi connectivity index (χ0) is 22.4. The lowest BCUT2D eigenvalue weighted by atomic mass is 10.2. The zero-order valence-electron chi connectivity index (χ0n) is 17.3. The number of hydrogen-bond donors (Lipinski definition) is 1. The molecule has 1 aliphatic rings. The van der Waals surface area contributed by atoms with Gasteiger partial charge in [-0.15, -0.1) is 0 Å². The van der Waals surface area contributed by atoms with E-state index in [1.165, 1.54) is 16.1 Å². The van der Waals surface area contributed by atoms with Crippen molar-refractivity contribution >= 4 is 27.7 Å². The molecule has 1 N–H and O–H groups in total. The first kappa shape index (κ1) is 22.5. The van der Waals surface area contributed by atoms with Crippen molar-refractivity contribution in [1.29, 1.82) is 0 Å². The van der Waals surface area contributed by atoms with Gasteiger partial charge in [-0.2, -0.15) is 4.31 Å². The van der Waals surface area contributed by atoms with Crippen LogP contribution in [0.3, 0.4) is 0 Å². The average molecular weight is 470 g/mol. The highest BCUT2D eigenvalue weighted by molar-refractivity contribution is 7.99. The zero-order valence-corrected chi connectivity index (χ0v) is 18.9. The van der Waals surface area contributed by atoms with Crippen LogP contribution >= 0.6 is 11.8 Å². The summed E-state index contributed by atoms with van der Waals surface area (Å²) in [5.41, 5.74) is 1.30. The van der Waals surface area contributed by atoms with Crippen molar-refractivity contribution in [2.75, 3.05) is 26.3 Å². The van der Waals surface area contributed by atoms with Gasteiger partial charge in [-0.3, -0.25) is 4.79 Å². The summed E-state index contributed by atoms with van der Waals surface area (Å²) in [4.78, 5) is 18.4. The molecule has 0 saturated carbocycles. The van der Waals surface area contributed by atoms with E-state index in [9.17, 15) is 13.2 Å². The number of nitrogens with one attached hydrogen (secondary N) is 1. The van der Waals surface area contributed by atoms with Crippen LogP contribution in [-0.2, 0) is 21.3 Å². The molecule has 1 saturated heterocycles. The van der Waals surface area contributed by atoms with Crippen molar-refractivity contribution in [2.24, 2.45) is 0 Å². The summed E-state index contributed by atoms with van der Waals surface area (Å²) in [5, 5.41) is 3.52. The Morgan fingerprint density at radius 1 is 1.00 bits per heavy atom. The number of ether oxygens (including phenoxy) is 1. The van der Waals surface area contributed by atoms with E-state index in [4.69, 9.17) is 4.74 Å². The van der Waals surface area contributed by atoms with Crippen molar-refractivity contribution in [1.82, 2.24) is 14.6 Å². The maximum atomic E-state index is 12.8. The molecule has 3 aromatic rings. The molecule has 0 bridgehead atoms. The van der Waals surface area contributed by atoms with E-state index < -0.39 is 10.0 Å². The van der Waals surface area contributed by atoms with Crippen LogP contribution < -0.4 is 5.32 Å². The lowest BCUT2D eigenvalue weighted by Crippen LogP contribution is -2.40. The third kappa shape index (κ3) is 5.36. The predicted molar refractivity (Wildman–Crippen MR) is 122 cm³/mol. The topological polar surface area (TPSA) is 88.6 Å². The summed E-state index contributed by atoms with van der Waals surface area (Å²) in [6, 6.07) is 19.8. The Morgan fingerprint density at radius 2 is 1.72 bits per heavy atom. The summed E-state index contributed by atoms with van der Waals surface area (Å²) < 4.78 is 32.1. The minimum Gasteiger partial charge on any atom is -0.379 e. The van der Waals surface area contributed by atoms with Gasteiger partial charge in [0.05, 0.1) is 23.7 Å². The molecular weight excluding hydrogens is 446 g/mol. The van der Waals surface area contributed by atoms with E-state index in [1.54, 1.807) is 42.6 Å². The fourth-order valence-electron chi connectivity index (χ4n) is 3.24. The molecule has 166 valence electrons. The Bertz CT molecular complexity index is 1160. The summed E-state index contributed by atoms with van der Waals surface area (Å²) in [7, 11) is -3.53. The van der Waals surface area contributed by atoms with Gasteiger partial charge in [0.15, 0.2) is 0 Å². The molecule has 1 amide bonds. The second-order valence-corrected chi connectivity index (χ2v) is 10.1. The van der Waals surface area contributed by atoms with Crippen molar-refractivity contribution in [3.8, 4) is 0 Å². The number of nitrogens with zero attached hydrogens (tertiary/aromatic N) is 2. The number of benzene rings is 2. The molecule has 0 aliphatic carbocycles. The Hall–Kier alpha value is -2.72. The van der Waals surface area contributed by atoms with Crippen LogP contribution in [0.1, 0.15) is 15.9 Å². The normalized spacial score (nSPS) is 14.8. The molecule has 32 heavy (non-hydrogen) atoms. The van der Waals surface area contributed by atoms with Gasteiger partial charge < -0.3 is 10.1 Å². The standard InChI is InChI=1S/C23H23N3O4S2/c27-22(21-7-4-12-24-23(21)31-19-5-2-1-3-6-19)25-17-18-8-10-20(11-9-18)32(28,29)26-13-15-30-16-14-26/h1-12H,13-17H2,(H,25,27). The molecule has 0 unspecified atom stereocenters. The van der Waals surface area contributed by atoms with Gasteiger partial charge in [0, 0.05) is 30.7 Å². The largest absolute Gasteiger partial charge is 0.379 e. The van der Waals surface area contributed by atoms with E-state index in [-0.39, 0.29) is 17.3 Å². The second-order valence-electron chi connectivity index (χ2n) is 7.11. The first-order valence-electron chi connectivity index (χ1n) is 10.2. The first-order chi connectivity index (χ1) is 15.5. The van der Waals surface area contributed by atoms with Gasteiger partial charge in [0.25, 0.3) is 5.91 Å². The average Bonchev–Trinajstić information content (AvgIpc) is 2.84. The van der Waals surface area contributed by atoms with E-state index in [1.807, 2.05) is 30.3 Å². The molecule has 0 spiro atoms. The first-order valence-corrected chi connectivity index (χ1v) is 12.4. The minimum atomic E-state index is -3.53. The summed E-state index contributed by atoms with van der Waals surface area (Å²) in [6.07, 6.45) is 1.66. The lowest BCUT2D eigenvalue weighted by Gasteiger charge is -2.26. The predicted octanol–water partition coefficient (Wildman–Crippen LogP) is 3.18. The Balaban J connectivity index is 1.40. The fourth-order valence-corrected chi connectivity index (χ4v) is 5.55. The molecule has 4 rings (SSSR count). The monoisotopic (exact) mass is 469 g/mol. The van der Waals surface area contributed by atoms with Crippen molar-refractivity contribution in [3.05, 3.63) is 84.1 Å². The number of aromatic nitrogens is 1. The maximum absolute atomic E-state index is 12.8. The molecule has 7 nitrogen and oxygen atoms in total. The van der Waals surface area contributed by atoms with Gasteiger partial charge in [-0.1, -0.05) is 42.1 Å². The van der Waals surface area contributed by atoms with Gasteiger partial charge in [-0.05, 0) is 42.0 Å². The van der Waals surface area contributed by atoms with Gasteiger partial charge in [-0.25, -0.2) is 13.4 Å². The van der Waals surface area contributed by atoms with Gasteiger partial charge in [0.1, 0.15) is 5.03 Å². The lowest BCUT2D eigenvalue weighted by molar-refractivity contribution is 0.0730. The number of amides is 1. The highest BCUT2D eigenvalue weighted by Crippen LogP contribution is 2.28. The van der Waals surface area contributed by atoms with Crippen LogP contribution in [0.25, 0.3) is 0 Å². The maximum Gasteiger partial charge on any atom is 0.254 e. The van der Waals surface area contributed by atoms with Crippen LogP contribution in [-0.4, -0.2) is 49.9 Å². The molecule has 1 aromatic heterocycles. The number of rotatable bonds is 7. The Kier molecular flexibility index (Phi) is 7.21. The molecule has 9 heteroatoms. The van der Waals surface area contributed by atoms with Crippen LogP contribution in [0.4, 0.5) is 0 Å².